The van der Waals surface area contributed by atoms with Crippen LogP contribution in [0.15, 0.2) is 72.9 Å². The van der Waals surface area contributed by atoms with Crippen molar-refractivity contribution in [3.05, 3.63) is 95.2 Å². The van der Waals surface area contributed by atoms with Gasteiger partial charge in [0.15, 0.2) is 11.5 Å². The monoisotopic (exact) mass is 481 g/mol. The molecule has 0 spiro atoms. The fourth-order valence-corrected chi connectivity index (χ4v) is 4.79. The number of pyridine rings is 1. The van der Waals surface area contributed by atoms with Crippen molar-refractivity contribution in [2.45, 2.75) is 25.8 Å². The number of para-hydroxylation sites is 1. The van der Waals surface area contributed by atoms with Crippen LogP contribution in [0.5, 0.6) is 11.5 Å². The van der Waals surface area contributed by atoms with Crippen LogP contribution in [0, 0.1) is 0 Å². The van der Waals surface area contributed by atoms with Gasteiger partial charge in [0, 0.05) is 30.4 Å². The molecule has 184 valence electrons. The van der Waals surface area contributed by atoms with E-state index in [1.165, 1.54) is 16.7 Å². The van der Waals surface area contributed by atoms with Crippen LogP contribution < -0.4 is 14.8 Å². The van der Waals surface area contributed by atoms with Crippen LogP contribution in [0.1, 0.15) is 33.5 Å². The van der Waals surface area contributed by atoms with E-state index in [0.29, 0.717) is 5.56 Å². The summed E-state index contributed by atoms with van der Waals surface area (Å²) < 4.78 is 10.9. The Bertz CT molecular complexity index is 1370. The second-order valence-corrected chi connectivity index (χ2v) is 9.17. The van der Waals surface area contributed by atoms with Gasteiger partial charge >= 0.3 is 0 Å². The topological polar surface area (TPSA) is 63.7 Å². The highest BCUT2D eigenvalue weighted by Crippen LogP contribution is 2.33. The molecular formula is C30H31N3O3. The van der Waals surface area contributed by atoms with Crippen LogP contribution in [-0.4, -0.2) is 43.1 Å². The highest BCUT2D eigenvalue weighted by Gasteiger charge is 2.19. The number of carbonyl (C=O) groups excluding carboxylic acids is 1. The van der Waals surface area contributed by atoms with Crippen LogP contribution in [0.3, 0.4) is 0 Å². The number of ether oxygens (including phenoxy) is 2. The maximum atomic E-state index is 12.7. The number of aromatic nitrogens is 1. The molecule has 1 amide bonds. The quantitative estimate of drug-likeness (QED) is 0.360. The Morgan fingerprint density at radius 2 is 1.72 bits per heavy atom. The third-order valence-corrected chi connectivity index (χ3v) is 6.80. The van der Waals surface area contributed by atoms with Gasteiger partial charge in [-0.1, -0.05) is 30.3 Å². The molecule has 0 fully saturated rings. The highest BCUT2D eigenvalue weighted by molar-refractivity contribution is 6.05. The van der Waals surface area contributed by atoms with Gasteiger partial charge in [0.1, 0.15) is 0 Å². The second-order valence-electron chi connectivity index (χ2n) is 9.17. The van der Waals surface area contributed by atoms with E-state index in [4.69, 9.17) is 9.47 Å². The largest absolute Gasteiger partial charge is 0.493 e. The number of benzene rings is 3. The highest BCUT2D eigenvalue weighted by atomic mass is 16.5. The molecule has 6 nitrogen and oxygen atoms in total. The van der Waals surface area contributed by atoms with Gasteiger partial charge in [-0.25, -0.2) is 0 Å². The molecule has 36 heavy (non-hydrogen) atoms. The molecule has 0 atom stereocenters. The molecule has 1 aromatic heterocycles. The van der Waals surface area contributed by atoms with Gasteiger partial charge in [-0.15, -0.1) is 0 Å². The molecule has 0 saturated heterocycles. The first-order chi connectivity index (χ1) is 17.6. The Balaban J connectivity index is 1.12. The van der Waals surface area contributed by atoms with Crippen LogP contribution in [0.25, 0.3) is 10.9 Å². The molecule has 0 aliphatic carbocycles. The lowest BCUT2D eigenvalue weighted by Gasteiger charge is -2.29. The van der Waals surface area contributed by atoms with Crippen LogP contribution in [-0.2, 0) is 19.4 Å². The number of methoxy groups -OCH3 is 2. The first-order valence-corrected chi connectivity index (χ1v) is 12.3. The Morgan fingerprint density at radius 3 is 2.50 bits per heavy atom. The number of aryl methyl sites for hydroxylation is 1. The number of hydrogen-bond acceptors (Lipinski definition) is 5. The lowest BCUT2D eigenvalue weighted by molar-refractivity contribution is 0.102. The van der Waals surface area contributed by atoms with Crippen molar-refractivity contribution in [2.75, 3.05) is 32.6 Å². The number of amides is 1. The smallest absolute Gasteiger partial charge is 0.257 e. The number of hydrogen-bond donors (Lipinski definition) is 1. The zero-order valence-corrected chi connectivity index (χ0v) is 20.8. The van der Waals surface area contributed by atoms with Crippen molar-refractivity contribution in [1.29, 1.82) is 0 Å². The normalized spacial score (nSPS) is 13.3. The van der Waals surface area contributed by atoms with Crippen molar-refractivity contribution >= 4 is 22.5 Å². The summed E-state index contributed by atoms with van der Waals surface area (Å²) in [6.07, 6.45) is 4.73. The van der Waals surface area contributed by atoms with Gasteiger partial charge in [0.25, 0.3) is 5.91 Å². The predicted molar refractivity (Wildman–Crippen MR) is 143 cm³/mol. The Hall–Kier alpha value is -3.90. The number of anilines is 1. The number of nitrogens with one attached hydrogen (secondary N) is 1. The fraction of sp³-hybridized carbons (Fsp3) is 0.267. The first kappa shape index (κ1) is 23.8. The molecular weight excluding hydrogens is 450 g/mol. The third-order valence-electron chi connectivity index (χ3n) is 6.80. The van der Waals surface area contributed by atoms with E-state index in [1.807, 2.05) is 42.5 Å². The summed E-state index contributed by atoms with van der Waals surface area (Å²) in [5.41, 5.74) is 6.16. The van der Waals surface area contributed by atoms with E-state index in [1.54, 1.807) is 20.4 Å². The van der Waals surface area contributed by atoms with Crippen LogP contribution in [0.2, 0.25) is 0 Å². The van der Waals surface area contributed by atoms with E-state index >= 15 is 0 Å². The van der Waals surface area contributed by atoms with E-state index in [9.17, 15) is 4.79 Å². The average molecular weight is 482 g/mol. The lowest BCUT2D eigenvalue weighted by atomic mass is 9.98. The minimum Gasteiger partial charge on any atom is -0.493 e. The zero-order valence-electron chi connectivity index (χ0n) is 20.8. The van der Waals surface area contributed by atoms with Gasteiger partial charge in [-0.2, -0.15) is 0 Å². The predicted octanol–water partition coefficient (Wildman–Crippen LogP) is 5.50. The van der Waals surface area contributed by atoms with E-state index in [2.05, 4.69) is 39.5 Å². The molecule has 4 aromatic rings. The standard InChI is InChI=1S/C30H31N3O3/c1-35-28-17-22-13-15-33(20-25(22)18-29(28)36-2)14-5-6-21-9-11-26(12-10-21)32-30(34)24-16-23-7-3-4-8-27(23)31-19-24/h3-4,7-12,16-19H,5-6,13-15,20H2,1-2H3,(H,32,34). The average Bonchev–Trinajstić information content (AvgIpc) is 2.92. The van der Waals surface area contributed by atoms with E-state index in [0.717, 1.165) is 67.0 Å². The van der Waals surface area contributed by atoms with Gasteiger partial charge in [0.05, 0.1) is 25.3 Å². The van der Waals surface area contributed by atoms with Crippen LogP contribution in [0.4, 0.5) is 5.69 Å². The third kappa shape index (κ3) is 5.34. The van der Waals surface area contributed by atoms with Crippen molar-refractivity contribution in [3.8, 4) is 11.5 Å². The van der Waals surface area contributed by atoms with Gasteiger partial charge in [-0.3, -0.25) is 14.7 Å². The Labute approximate surface area is 211 Å². The SMILES string of the molecule is COc1cc2c(cc1OC)CN(CCCc1ccc(NC(=O)c3cnc4ccccc4c3)cc1)CC2. The van der Waals surface area contributed by atoms with Crippen molar-refractivity contribution in [2.24, 2.45) is 0 Å². The fourth-order valence-electron chi connectivity index (χ4n) is 4.79. The molecule has 1 aliphatic heterocycles. The molecule has 1 N–H and O–H groups in total. The van der Waals surface area contributed by atoms with Gasteiger partial charge in [-0.05, 0) is 78.9 Å². The summed E-state index contributed by atoms with van der Waals surface area (Å²) in [5, 5.41) is 3.93. The summed E-state index contributed by atoms with van der Waals surface area (Å²) in [6.45, 7) is 3.03. The summed E-state index contributed by atoms with van der Waals surface area (Å²) >= 11 is 0. The number of rotatable bonds is 8. The van der Waals surface area contributed by atoms with Crippen LogP contribution >= 0.6 is 0 Å². The maximum Gasteiger partial charge on any atom is 0.257 e. The summed E-state index contributed by atoms with van der Waals surface area (Å²) in [4.78, 5) is 19.6. The summed E-state index contributed by atoms with van der Waals surface area (Å²) in [7, 11) is 3.37. The second kappa shape index (κ2) is 10.8. The van der Waals surface area contributed by atoms with E-state index in [-0.39, 0.29) is 5.91 Å². The molecule has 1 aliphatic rings. The molecule has 0 radical (unpaired) electrons. The van der Waals surface area contributed by atoms with E-state index < -0.39 is 0 Å². The first-order valence-electron chi connectivity index (χ1n) is 12.3. The Kier molecular flexibility index (Phi) is 7.14. The number of fused-ring (bicyclic) bond motifs is 2. The number of nitrogens with zero attached hydrogens (tertiary/aromatic N) is 2. The Morgan fingerprint density at radius 1 is 0.972 bits per heavy atom. The van der Waals surface area contributed by atoms with Gasteiger partial charge in [0.2, 0.25) is 0 Å². The molecule has 5 rings (SSSR count). The minimum atomic E-state index is -0.152. The summed E-state index contributed by atoms with van der Waals surface area (Å²) in [6, 6.07) is 22.0. The molecule has 0 unspecified atom stereocenters. The minimum absolute atomic E-state index is 0.152. The summed E-state index contributed by atoms with van der Waals surface area (Å²) in [5.74, 6) is 1.45. The van der Waals surface area contributed by atoms with Gasteiger partial charge < -0.3 is 14.8 Å². The maximum absolute atomic E-state index is 12.7. The molecule has 6 heteroatoms. The number of carbonyl (C=O) groups is 1. The van der Waals surface area contributed by atoms with Crippen molar-refractivity contribution in [1.82, 2.24) is 9.88 Å². The molecule has 0 bridgehead atoms. The molecule has 0 saturated carbocycles. The lowest BCUT2D eigenvalue weighted by Crippen LogP contribution is -2.31. The molecule has 2 heterocycles. The van der Waals surface area contributed by atoms with Crippen molar-refractivity contribution < 1.29 is 14.3 Å². The zero-order chi connectivity index (χ0) is 24.9. The van der Waals surface area contributed by atoms with Crippen molar-refractivity contribution in [3.63, 3.8) is 0 Å². The molecule has 3 aromatic carbocycles.